The standard InChI is InChI=1S/C5H6N2O2/c8-4-2-1-3(2)5(9)7-6-4/h2-3H,1H2,(H,6,8)(H,7,9)/t2-,3-/m1/s1. The van der Waals surface area contributed by atoms with Gasteiger partial charge in [0, 0.05) is 0 Å². The van der Waals surface area contributed by atoms with Gasteiger partial charge < -0.3 is 0 Å². The Hall–Kier alpha value is -1.06. The molecule has 0 aromatic rings. The second-order valence-corrected chi connectivity index (χ2v) is 2.43. The summed E-state index contributed by atoms with van der Waals surface area (Å²) in [5, 5.41) is 0. The summed E-state index contributed by atoms with van der Waals surface area (Å²) in [6, 6.07) is 0. The third kappa shape index (κ3) is 0.526. The lowest BCUT2D eigenvalue weighted by atomic mass is 10.2. The van der Waals surface area contributed by atoms with Crippen molar-refractivity contribution >= 4 is 11.8 Å². The largest absolute Gasteiger partial charge is 0.273 e. The molecule has 0 bridgehead atoms. The molecule has 4 nitrogen and oxygen atoms in total. The molecule has 0 radical (unpaired) electrons. The van der Waals surface area contributed by atoms with Gasteiger partial charge in [-0.15, -0.1) is 0 Å². The number of amides is 2. The molecule has 0 spiro atoms. The number of fused-ring (bicyclic) bond motifs is 1. The van der Waals surface area contributed by atoms with Crippen LogP contribution in [0, 0.1) is 11.8 Å². The van der Waals surface area contributed by atoms with Crippen molar-refractivity contribution in [3.63, 3.8) is 0 Å². The van der Waals surface area contributed by atoms with E-state index >= 15 is 0 Å². The Morgan fingerprint density at radius 1 is 1.11 bits per heavy atom. The summed E-state index contributed by atoms with van der Waals surface area (Å²) in [6.07, 6.45) is 0.734. The minimum atomic E-state index is -0.0420. The lowest BCUT2D eigenvalue weighted by Gasteiger charge is -2.10. The quantitative estimate of drug-likeness (QED) is 0.427. The van der Waals surface area contributed by atoms with Crippen LogP contribution in [-0.2, 0) is 9.59 Å². The van der Waals surface area contributed by atoms with Crippen LogP contribution in [0.5, 0.6) is 0 Å². The van der Waals surface area contributed by atoms with Crippen LogP contribution in [0.15, 0.2) is 0 Å². The van der Waals surface area contributed by atoms with Gasteiger partial charge in [0.25, 0.3) is 0 Å². The molecule has 48 valence electrons. The summed E-state index contributed by atoms with van der Waals surface area (Å²) >= 11 is 0. The number of hydrogen-bond donors (Lipinski definition) is 2. The van der Waals surface area contributed by atoms with Crippen LogP contribution in [0.25, 0.3) is 0 Å². The highest BCUT2D eigenvalue weighted by Gasteiger charge is 2.51. The van der Waals surface area contributed by atoms with Gasteiger partial charge in [-0.05, 0) is 6.42 Å². The van der Waals surface area contributed by atoms with Gasteiger partial charge in [-0.3, -0.25) is 20.4 Å². The lowest BCUT2D eigenvalue weighted by molar-refractivity contribution is -0.134. The van der Waals surface area contributed by atoms with Crippen molar-refractivity contribution in [2.75, 3.05) is 0 Å². The smallest absolute Gasteiger partial charge is 0.242 e. The van der Waals surface area contributed by atoms with Crippen LogP contribution >= 0.6 is 0 Å². The summed E-state index contributed by atoms with van der Waals surface area (Å²) in [5.74, 6) is -0.114. The zero-order valence-electron chi connectivity index (χ0n) is 4.68. The van der Waals surface area contributed by atoms with E-state index in [0.29, 0.717) is 0 Å². The Morgan fingerprint density at radius 2 is 1.56 bits per heavy atom. The maximum atomic E-state index is 10.7. The minimum absolute atomic E-state index is 0.0150. The highest BCUT2D eigenvalue weighted by Crippen LogP contribution is 2.39. The zero-order valence-corrected chi connectivity index (χ0v) is 4.68. The molecule has 0 aromatic carbocycles. The van der Waals surface area contributed by atoms with Crippen molar-refractivity contribution in [1.29, 1.82) is 0 Å². The molecule has 1 aliphatic heterocycles. The topological polar surface area (TPSA) is 58.2 Å². The maximum Gasteiger partial charge on any atom is 0.242 e. The van der Waals surface area contributed by atoms with Gasteiger partial charge in [-0.2, -0.15) is 0 Å². The van der Waals surface area contributed by atoms with E-state index in [1.165, 1.54) is 0 Å². The Labute approximate surface area is 51.6 Å². The minimum Gasteiger partial charge on any atom is -0.273 e. The normalized spacial score (nSPS) is 38.7. The molecule has 2 rings (SSSR count). The van der Waals surface area contributed by atoms with E-state index < -0.39 is 0 Å². The molecular weight excluding hydrogens is 120 g/mol. The van der Waals surface area contributed by atoms with Crippen LogP contribution in [0.4, 0.5) is 0 Å². The molecule has 4 heteroatoms. The summed E-state index contributed by atoms with van der Waals surface area (Å²) in [7, 11) is 0. The number of rotatable bonds is 0. The lowest BCUT2D eigenvalue weighted by Crippen LogP contribution is -2.47. The van der Waals surface area contributed by atoms with Crippen molar-refractivity contribution < 1.29 is 9.59 Å². The van der Waals surface area contributed by atoms with Gasteiger partial charge in [0.05, 0.1) is 11.8 Å². The van der Waals surface area contributed by atoms with Gasteiger partial charge in [-0.1, -0.05) is 0 Å². The third-order valence-corrected chi connectivity index (χ3v) is 1.77. The summed E-state index contributed by atoms with van der Waals surface area (Å²) in [6.45, 7) is 0. The van der Waals surface area contributed by atoms with Crippen LogP contribution in [0.1, 0.15) is 6.42 Å². The highest BCUT2D eigenvalue weighted by atomic mass is 16.2. The first-order valence-electron chi connectivity index (χ1n) is 2.89. The van der Waals surface area contributed by atoms with E-state index in [1.54, 1.807) is 0 Å². The molecule has 2 aliphatic rings. The highest BCUT2D eigenvalue weighted by molar-refractivity contribution is 5.97. The Bertz CT molecular complexity index is 169. The fraction of sp³-hybridized carbons (Fsp3) is 0.600. The predicted molar refractivity (Wildman–Crippen MR) is 27.9 cm³/mol. The molecule has 9 heavy (non-hydrogen) atoms. The molecule has 1 heterocycles. The molecular formula is C5H6N2O2. The molecule has 1 saturated heterocycles. The molecule has 0 unspecified atom stereocenters. The van der Waals surface area contributed by atoms with E-state index in [0.717, 1.165) is 6.42 Å². The Morgan fingerprint density at radius 3 is 2.00 bits per heavy atom. The SMILES string of the molecule is O=C1NNC(=O)[C@@H]2C[C@@H]12. The van der Waals surface area contributed by atoms with E-state index in [9.17, 15) is 9.59 Å². The van der Waals surface area contributed by atoms with Gasteiger partial charge in [-0.25, -0.2) is 0 Å². The predicted octanol–water partition coefficient (Wildman–Crippen LogP) is -1.22. The average molecular weight is 126 g/mol. The number of carbonyl (C=O) groups excluding carboxylic acids is 2. The molecule has 1 saturated carbocycles. The zero-order chi connectivity index (χ0) is 6.43. The Balaban J connectivity index is 2.17. The van der Waals surface area contributed by atoms with Gasteiger partial charge in [0.1, 0.15) is 0 Å². The first-order chi connectivity index (χ1) is 4.29. The maximum absolute atomic E-state index is 10.7. The first kappa shape index (κ1) is 4.78. The number of hydrogen-bond acceptors (Lipinski definition) is 2. The van der Waals surface area contributed by atoms with Gasteiger partial charge >= 0.3 is 0 Å². The Kier molecular flexibility index (Phi) is 0.670. The number of hydrazine groups is 1. The second kappa shape index (κ2) is 1.26. The fourth-order valence-electron chi connectivity index (χ4n) is 1.08. The third-order valence-electron chi connectivity index (χ3n) is 1.77. The van der Waals surface area contributed by atoms with Gasteiger partial charge in [0.15, 0.2) is 0 Å². The molecule has 2 atom stereocenters. The van der Waals surface area contributed by atoms with E-state index in [-0.39, 0.29) is 23.7 Å². The van der Waals surface area contributed by atoms with Crippen LogP contribution in [-0.4, -0.2) is 11.8 Å². The van der Waals surface area contributed by atoms with Crippen LogP contribution < -0.4 is 10.9 Å². The molecule has 1 aliphatic carbocycles. The van der Waals surface area contributed by atoms with Crippen molar-refractivity contribution in [2.45, 2.75) is 6.42 Å². The van der Waals surface area contributed by atoms with Gasteiger partial charge in [0.2, 0.25) is 11.8 Å². The van der Waals surface area contributed by atoms with E-state index in [4.69, 9.17) is 0 Å². The molecule has 0 aromatic heterocycles. The van der Waals surface area contributed by atoms with Crippen molar-refractivity contribution in [1.82, 2.24) is 10.9 Å². The van der Waals surface area contributed by atoms with Crippen molar-refractivity contribution in [3.8, 4) is 0 Å². The summed E-state index contributed by atoms with van der Waals surface area (Å²) < 4.78 is 0. The summed E-state index contributed by atoms with van der Waals surface area (Å²) in [4.78, 5) is 21.3. The van der Waals surface area contributed by atoms with Crippen LogP contribution in [0.3, 0.4) is 0 Å². The second-order valence-electron chi connectivity index (χ2n) is 2.43. The summed E-state index contributed by atoms with van der Waals surface area (Å²) in [5.41, 5.74) is 4.57. The fourth-order valence-corrected chi connectivity index (χ4v) is 1.08. The van der Waals surface area contributed by atoms with E-state index in [2.05, 4.69) is 10.9 Å². The molecule has 2 amide bonds. The monoisotopic (exact) mass is 126 g/mol. The van der Waals surface area contributed by atoms with E-state index in [1.807, 2.05) is 0 Å². The number of nitrogens with one attached hydrogen (secondary N) is 2. The molecule has 2 fully saturated rings. The average Bonchev–Trinajstić information content (AvgIpc) is 2.57. The van der Waals surface area contributed by atoms with Crippen molar-refractivity contribution in [2.24, 2.45) is 11.8 Å². The van der Waals surface area contributed by atoms with Crippen molar-refractivity contribution in [3.05, 3.63) is 0 Å². The number of carbonyl (C=O) groups is 2. The first-order valence-corrected chi connectivity index (χ1v) is 2.89. The van der Waals surface area contributed by atoms with Crippen LogP contribution in [0.2, 0.25) is 0 Å². The molecule has 2 N–H and O–H groups in total.